The van der Waals surface area contributed by atoms with Crippen LogP contribution in [0.1, 0.15) is 13.8 Å². The lowest BCUT2D eigenvalue weighted by molar-refractivity contribution is 0.395. The molecule has 0 saturated heterocycles. The van der Waals surface area contributed by atoms with Crippen molar-refractivity contribution in [2.75, 3.05) is 19.5 Å². The summed E-state index contributed by atoms with van der Waals surface area (Å²) >= 11 is 6.02. The molecule has 0 aliphatic rings. The maximum absolute atomic E-state index is 6.02. The highest BCUT2D eigenvalue weighted by atomic mass is 35.5. The second kappa shape index (κ2) is 5.12. The van der Waals surface area contributed by atoms with Gasteiger partial charge in [0.1, 0.15) is 11.5 Å². The number of hydrogen-bond donors (Lipinski definition) is 1. The van der Waals surface area contributed by atoms with Gasteiger partial charge in [0.05, 0.1) is 24.9 Å². The minimum absolute atomic E-state index is 0.323. The Hall–Kier alpha value is -1.09. The van der Waals surface area contributed by atoms with E-state index in [9.17, 15) is 0 Å². The van der Waals surface area contributed by atoms with E-state index in [1.807, 2.05) is 0 Å². The average molecular weight is 230 g/mol. The van der Waals surface area contributed by atoms with Crippen LogP contribution in [-0.2, 0) is 0 Å². The summed E-state index contributed by atoms with van der Waals surface area (Å²) in [7, 11) is 3.20. The van der Waals surface area contributed by atoms with E-state index < -0.39 is 0 Å². The molecule has 3 nitrogen and oxygen atoms in total. The normalized spacial score (nSPS) is 10.3. The van der Waals surface area contributed by atoms with Crippen molar-refractivity contribution in [3.63, 3.8) is 0 Å². The van der Waals surface area contributed by atoms with Crippen LogP contribution >= 0.6 is 11.6 Å². The van der Waals surface area contributed by atoms with Gasteiger partial charge in [-0.05, 0) is 19.9 Å². The Morgan fingerprint density at radius 3 is 2.20 bits per heavy atom. The summed E-state index contributed by atoms with van der Waals surface area (Å²) in [6, 6.07) is 3.90. The van der Waals surface area contributed by atoms with E-state index in [1.165, 1.54) is 0 Å². The molecule has 15 heavy (non-hydrogen) atoms. The van der Waals surface area contributed by atoms with Gasteiger partial charge in [-0.25, -0.2) is 0 Å². The Kier molecular flexibility index (Phi) is 4.09. The molecule has 0 aromatic heterocycles. The van der Waals surface area contributed by atoms with Crippen LogP contribution < -0.4 is 14.8 Å². The molecule has 0 fully saturated rings. The van der Waals surface area contributed by atoms with Gasteiger partial charge in [0.25, 0.3) is 0 Å². The summed E-state index contributed by atoms with van der Waals surface area (Å²) in [6.07, 6.45) is 0. The molecule has 0 spiro atoms. The Labute approximate surface area is 95.3 Å². The number of nitrogens with one attached hydrogen (secondary N) is 1. The predicted octanol–water partition coefficient (Wildman–Crippen LogP) is 3.18. The summed E-state index contributed by atoms with van der Waals surface area (Å²) < 4.78 is 10.4. The van der Waals surface area contributed by atoms with Crippen LogP contribution in [0.25, 0.3) is 0 Å². The minimum Gasteiger partial charge on any atom is -0.495 e. The average Bonchev–Trinajstić information content (AvgIpc) is 2.17. The van der Waals surface area contributed by atoms with E-state index in [0.29, 0.717) is 16.8 Å². The van der Waals surface area contributed by atoms with E-state index in [1.54, 1.807) is 26.4 Å². The van der Waals surface area contributed by atoms with E-state index >= 15 is 0 Å². The van der Waals surface area contributed by atoms with Crippen LogP contribution in [0.5, 0.6) is 11.5 Å². The number of ether oxygens (including phenoxy) is 2. The smallest absolute Gasteiger partial charge is 0.145 e. The summed E-state index contributed by atoms with van der Waals surface area (Å²) in [5.41, 5.74) is 0.873. The van der Waals surface area contributed by atoms with Gasteiger partial charge >= 0.3 is 0 Å². The fraction of sp³-hybridized carbons (Fsp3) is 0.455. The first-order valence-corrected chi connectivity index (χ1v) is 5.14. The van der Waals surface area contributed by atoms with E-state index in [0.717, 1.165) is 11.4 Å². The summed E-state index contributed by atoms with van der Waals surface area (Å²) in [4.78, 5) is 0. The van der Waals surface area contributed by atoms with Gasteiger partial charge in [-0.15, -0.1) is 0 Å². The Morgan fingerprint density at radius 1 is 1.13 bits per heavy atom. The topological polar surface area (TPSA) is 30.5 Å². The standard InChI is InChI=1S/C11H16ClNO2/c1-7(2)13-9-5-8(12)10(14-3)6-11(9)15-4/h5-7,13H,1-4H3. The second-order valence-corrected chi connectivity index (χ2v) is 3.89. The first-order chi connectivity index (χ1) is 7.08. The quantitative estimate of drug-likeness (QED) is 0.860. The molecule has 0 aliphatic carbocycles. The third-order valence-corrected chi connectivity index (χ3v) is 2.21. The SMILES string of the molecule is COc1cc(OC)c(NC(C)C)cc1Cl. The summed E-state index contributed by atoms with van der Waals surface area (Å²) in [5.74, 6) is 1.34. The number of benzene rings is 1. The van der Waals surface area contributed by atoms with Crippen molar-refractivity contribution in [3.05, 3.63) is 17.2 Å². The fourth-order valence-corrected chi connectivity index (χ4v) is 1.52. The summed E-state index contributed by atoms with van der Waals surface area (Å²) in [5, 5.41) is 3.82. The highest BCUT2D eigenvalue weighted by Gasteiger charge is 2.10. The van der Waals surface area contributed by atoms with Gasteiger partial charge in [-0.1, -0.05) is 11.6 Å². The molecule has 0 amide bonds. The van der Waals surface area contributed by atoms with Crippen molar-refractivity contribution in [3.8, 4) is 11.5 Å². The number of halogens is 1. The molecular weight excluding hydrogens is 214 g/mol. The van der Waals surface area contributed by atoms with Gasteiger partial charge in [0.15, 0.2) is 0 Å². The Bertz CT molecular complexity index is 340. The number of rotatable bonds is 4. The molecule has 0 unspecified atom stereocenters. The van der Waals surface area contributed by atoms with E-state index in [-0.39, 0.29) is 0 Å². The Morgan fingerprint density at radius 2 is 1.73 bits per heavy atom. The van der Waals surface area contributed by atoms with Crippen molar-refractivity contribution in [1.82, 2.24) is 0 Å². The molecule has 1 aromatic rings. The van der Waals surface area contributed by atoms with Crippen LogP contribution in [-0.4, -0.2) is 20.3 Å². The highest BCUT2D eigenvalue weighted by molar-refractivity contribution is 6.32. The Balaban J connectivity index is 3.09. The predicted molar refractivity (Wildman–Crippen MR) is 63.3 cm³/mol. The van der Waals surface area contributed by atoms with Gasteiger partial charge in [0, 0.05) is 12.1 Å². The van der Waals surface area contributed by atoms with Crippen molar-refractivity contribution < 1.29 is 9.47 Å². The zero-order valence-corrected chi connectivity index (χ0v) is 10.2. The zero-order chi connectivity index (χ0) is 11.4. The molecule has 0 radical (unpaired) electrons. The van der Waals surface area contributed by atoms with Crippen molar-refractivity contribution >= 4 is 17.3 Å². The third-order valence-electron chi connectivity index (χ3n) is 1.92. The number of anilines is 1. The highest BCUT2D eigenvalue weighted by Crippen LogP contribution is 2.36. The van der Waals surface area contributed by atoms with Crippen LogP contribution in [0.4, 0.5) is 5.69 Å². The number of hydrogen-bond acceptors (Lipinski definition) is 3. The van der Waals surface area contributed by atoms with Crippen molar-refractivity contribution in [2.45, 2.75) is 19.9 Å². The van der Waals surface area contributed by atoms with Gasteiger partial charge in [0.2, 0.25) is 0 Å². The summed E-state index contributed by atoms with van der Waals surface area (Å²) in [6.45, 7) is 4.11. The van der Waals surface area contributed by atoms with Gasteiger partial charge in [-0.3, -0.25) is 0 Å². The van der Waals surface area contributed by atoms with Crippen LogP contribution in [0.3, 0.4) is 0 Å². The lowest BCUT2D eigenvalue weighted by atomic mass is 10.2. The monoisotopic (exact) mass is 229 g/mol. The lowest BCUT2D eigenvalue weighted by Gasteiger charge is -2.15. The van der Waals surface area contributed by atoms with Crippen LogP contribution in [0.2, 0.25) is 5.02 Å². The van der Waals surface area contributed by atoms with Gasteiger partial charge in [-0.2, -0.15) is 0 Å². The first-order valence-electron chi connectivity index (χ1n) is 4.76. The van der Waals surface area contributed by atoms with Crippen molar-refractivity contribution in [1.29, 1.82) is 0 Å². The minimum atomic E-state index is 0.323. The molecule has 1 N–H and O–H groups in total. The number of methoxy groups -OCH3 is 2. The molecule has 1 rings (SSSR count). The fourth-order valence-electron chi connectivity index (χ4n) is 1.28. The largest absolute Gasteiger partial charge is 0.495 e. The molecule has 0 atom stereocenters. The van der Waals surface area contributed by atoms with Gasteiger partial charge < -0.3 is 14.8 Å². The van der Waals surface area contributed by atoms with E-state index in [4.69, 9.17) is 21.1 Å². The molecule has 84 valence electrons. The van der Waals surface area contributed by atoms with Crippen LogP contribution in [0, 0.1) is 0 Å². The molecular formula is C11H16ClNO2. The van der Waals surface area contributed by atoms with Crippen molar-refractivity contribution in [2.24, 2.45) is 0 Å². The molecule has 0 aliphatic heterocycles. The lowest BCUT2D eigenvalue weighted by Crippen LogP contribution is -2.10. The molecule has 0 heterocycles. The first kappa shape index (κ1) is 12.0. The van der Waals surface area contributed by atoms with E-state index in [2.05, 4.69) is 19.2 Å². The van der Waals surface area contributed by atoms with Crippen LogP contribution in [0.15, 0.2) is 12.1 Å². The maximum atomic E-state index is 6.02. The molecule has 0 bridgehead atoms. The molecule has 0 saturated carbocycles. The zero-order valence-electron chi connectivity index (χ0n) is 9.43. The molecule has 4 heteroatoms. The second-order valence-electron chi connectivity index (χ2n) is 3.49. The maximum Gasteiger partial charge on any atom is 0.145 e. The molecule has 1 aromatic carbocycles. The third kappa shape index (κ3) is 2.93.